The second kappa shape index (κ2) is 5.93. The maximum absolute atomic E-state index is 12.0. The van der Waals surface area contributed by atoms with E-state index in [0.29, 0.717) is 18.8 Å². The predicted molar refractivity (Wildman–Crippen MR) is 76.5 cm³/mol. The molecule has 1 aliphatic rings. The molecule has 1 unspecified atom stereocenters. The summed E-state index contributed by atoms with van der Waals surface area (Å²) in [5.74, 6) is 0.762. The van der Waals surface area contributed by atoms with Crippen LogP contribution in [0.4, 0.5) is 0 Å². The van der Waals surface area contributed by atoms with Gasteiger partial charge >= 0.3 is 0 Å². The van der Waals surface area contributed by atoms with Crippen molar-refractivity contribution in [1.29, 1.82) is 0 Å². The Morgan fingerprint density at radius 2 is 2.00 bits per heavy atom. The maximum Gasteiger partial charge on any atom is 0.238 e. The van der Waals surface area contributed by atoms with Gasteiger partial charge in [0.2, 0.25) is 15.9 Å². The molecule has 0 radical (unpaired) electrons. The van der Waals surface area contributed by atoms with Gasteiger partial charge in [0.05, 0.1) is 4.90 Å². The van der Waals surface area contributed by atoms with Crippen LogP contribution >= 0.6 is 0 Å². The van der Waals surface area contributed by atoms with Crippen molar-refractivity contribution in [3.63, 3.8) is 0 Å². The molecule has 0 bridgehead atoms. The Bertz CT molecular complexity index is 581. The number of amides is 1. The van der Waals surface area contributed by atoms with Crippen LogP contribution in [0.25, 0.3) is 0 Å². The molecule has 1 fully saturated rings. The number of hydrogen-bond donors (Lipinski definition) is 1. The summed E-state index contributed by atoms with van der Waals surface area (Å²) in [6.07, 6.45) is 2.16. The first-order valence-electron chi connectivity index (χ1n) is 6.76. The predicted octanol–water partition coefficient (Wildman–Crippen LogP) is 1.14. The normalized spacial score (nSPS) is 19.3. The van der Waals surface area contributed by atoms with Crippen LogP contribution in [-0.2, 0) is 21.2 Å². The van der Waals surface area contributed by atoms with Crippen molar-refractivity contribution in [2.24, 2.45) is 11.1 Å². The van der Waals surface area contributed by atoms with E-state index in [0.717, 1.165) is 25.1 Å². The van der Waals surface area contributed by atoms with Crippen LogP contribution in [0.5, 0.6) is 0 Å². The van der Waals surface area contributed by atoms with Gasteiger partial charge in [0.25, 0.3) is 0 Å². The first-order chi connectivity index (χ1) is 9.36. The van der Waals surface area contributed by atoms with Crippen LogP contribution in [0, 0.1) is 5.92 Å². The van der Waals surface area contributed by atoms with Crippen LogP contribution < -0.4 is 5.14 Å². The molecule has 20 heavy (non-hydrogen) atoms. The highest BCUT2D eigenvalue weighted by Crippen LogP contribution is 2.17. The molecule has 0 aliphatic carbocycles. The number of sulfonamides is 1. The van der Waals surface area contributed by atoms with Crippen molar-refractivity contribution in [2.45, 2.75) is 31.1 Å². The van der Waals surface area contributed by atoms with E-state index >= 15 is 0 Å². The summed E-state index contributed by atoms with van der Waals surface area (Å²) in [4.78, 5) is 14.0. The summed E-state index contributed by atoms with van der Waals surface area (Å²) in [5, 5.41) is 5.04. The molecule has 5 nitrogen and oxygen atoms in total. The lowest BCUT2D eigenvalue weighted by atomic mass is 10.1. The van der Waals surface area contributed by atoms with Crippen LogP contribution in [0.1, 0.15) is 25.3 Å². The number of carbonyl (C=O) groups is 1. The fourth-order valence-electron chi connectivity index (χ4n) is 2.42. The number of rotatable bonds is 4. The molecule has 1 aromatic carbocycles. The Balaban J connectivity index is 1.90. The quantitative estimate of drug-likeness (QED) is 0.904. The fraction of sp³-hybridized carbons (Fsp3) is 0.500. The molecule has 1 atom stereocenters. The molecular formula is C14H20N2O3S. The number of carbonyl (C=O) groups excluding carboxylic acids is 1. The zero-order chi connectivity index (χ0) is 14.8. The highest BCUT2D eigenvalue weighted by Gasteiger charge is 2.22. The molecule has 0 spiro atoms. The van der Waals surface area contributed by atoms with Gasteiger partial charge in [-0.3, -0.25) is 4.79 Å². The third kappa shape index (κ3) is 3.80. The minimum Gasteiger partial charge on any atom is -0.342 e. The molecule has 0 saturated carbocycles. The van der Waals surface area contributed by atoms with Crippen molar-refractivity contribution < 1.29 is 13.2 Å². The number of benzene rings is 1. The molecule has 1 saturated heterocycles. The number of nitrogens with two attached hydrogens (primary N) is 1. The second-order valence-electron chi connectivity index (χ2n) is 5.42. The summed E-state index contributed by atoms with van der Waals surface area (Å²) in [7, 11) is -3.65. The van der Waals surface area contributed by atoms with Crippen molar-refractivity contribution in [3.8, 4) is 0 Å². The van der Waals surface area contributed by atoms with Gasteiger partial charge in [-0.25, -0.2) is 13.6 Å². The second-order valence-corrected chi connectivity index (χ2v) is 6.98. The Labute approximate surface area is 119 Å². The minimum atomic E-state index is -3.65. The van der Waals surface area contributed by atoms with Crippen LogP contribution in [0.2, 0.25) is 0 Å². The fourth-order valence-corrected chi connectivity index (χ4v) is 2.93. The maximum atomic E-state index is 12.0. The van der Waals surface area contributed by atoms with Gasteiger partial charge < -0.3 is 4.90 Å². The molecule has 1 amide bonds. The van der Waals surface area contributed by atoms with E-state index in [4.69, 9.17) is 5.14 Å². The molecule has 1 aromatic rings. The topological polar surface area (TPSA) is 80.5 Å². The van der Waals surface area contributed by atoms with Gasteiger partial charge in [-0.1, -0.05) is 19.1 Å². The smallest absolute Gasteiger partial charge is 0.238 e. The van der Waals surface area contributed by atoms with Crippen LogP contribution in [0.15, 0.2) is 29.2 Å². The summed E-state index contributed by atoms with van der Waals surface area (Å²) >= 11 is 0. The van der Waals surface area contributed by atoms with E-state index in [-0.39, 0.29) is 10.8 Å². The lowest BCUT2D eigenvalue weighted by Crippen LogP contribution is -2.28. The first-order valence-corrected chi connectivity index (χ1v) is 8.30. The van der Waals surface area contributed by atoms with E-state index < -0.39 is 10.0 Å². The van der Waals surface area contributed by atoms with Gasteiger partial charge in [-0.05, 0) is 36.5 Å². The average molecular weight is 296 g/mol. The third-order valence-electron chi connectivity index (χ3n) is 3.66. The Morgan fingerprint density at radius 1 is 1.35 bits per heavy atom. The molecule has 2 N–H and O–H groups in total. The zero-order valence-electron chi connectivity index (χ0n) is 11.6. The molecule has 110 valence electrons. The van der Waals surface area contributed by atoms with Gasteiger partial charge in [0, 0.05) is 19.5 Å². The summed E-state index contributed by atoms with van der Waals surface area (Å²) in [6, 6.07) is 6.37. The molecule has 1 aliphatic heterocycles. The number of nitrogens with zero attached hydrogens (tertiary/aromatic N) is 1. The Hall–Kier alpha value is -1.40. The van der Waals surface area contributed by atoms with Crippen LogP contribution in [0.3, 0.4) is 0 Å². The van der Waals surface area contributed by atoms with Gasteiger partial charge in [0.15, 0.2) is 0 Å². The van der Waals surface area contributed by atoms with Gasteiger partial charge in [-0.15, -0.1) is 0 Å². The number of likely N-dealkylation sites (tertiary alicyclic amines) is 1. The zero-order valence-corrected chi connectivity index (χ0v) is 12.4. The Morgan fingerprint density at radius 3 is 2.50 bits per heavy atom. The standard InChI is InChI=1S/C14H20N2O3S/c1-11-8-9-16(10-11)14(17)7-4-12-2-5-13(6-3-12)20(15,18)19/h2-3,5-6,11H,4,7-10H2,1H3,(H2,15,18,19). The lowest BCUT2D eigenvalue weighted by Gasteiger charge is -2.15. The van der Waals surface area contributed by atoms with Crippen molar-refractivity contribution in [3.05, 3.63) is 29.8 Å². The third-order valence-corrected chi connectivity index (χ3v) is 4.59. The molecule has 1 heterocycles. The van der Waals surface area contributed by atoms with E-state index in [9.17, 15) is 13.2 Å². The number of hydrogen-bond acceptors (Lipinski definition) is 3. The first kappa shape index (κ1) is 15.0. The highest BCUT2D eigenvalue weighted by atomic mass is 32.2. The summed E-state index contributed by atoms with van der Waals surface area (Å²) < 4.78 is 22.3. The minimum absolute atomic E-state index is 0.0981. The monoisotopic (exact) mass is 296 g/mol. The largest absolute Gasteiger partial charge is 0.342 e. The number of primary sulfonamides is 1. The highest BCUT2D eigenvalue weighted by molar-refractivity contribution is 7.89. The molecule has 2 rings (SSSR count). The van der Waals surface area contributed by atoms with Crippen LogP contribution in [-0.4, -0.2) is 32.3 Å². The SMILES string of the molecule is CC1CCN(C(=O)CCc2ccc(S(N)(=O)=O)cc2)C1. The average Bonchev–Trinajstić information content (AvgIpc) is 2.82. The molecular weight excluding hydrogens is 276 g/mol. The molecule has 0 aromatic heterocycles. The summed E-state index contributed by atoms with van der Waals surface area (Å²) in [6.45, 7) is 3.85. The lowest BCUT2D eigenvalue weighted by molar-refractivity contribution is -0.130. The summed E-state index contributed by atoms with van der Waals surface area (Å²) in [5.41, 5.74) is 0.943. The van der Waals surface area contributed by atoms with E-state index in [1.54, 1.807) is 12.1 Å². The van der Waals surface area contributed by atoms with E-state index in [1.807, 2.05) is 4.90 Å². The van der Waals surface area contributed by atoms with E-state index in [1.165, 1.54) is 12.1 Å². The Kier molecular flexibility index (Phi) is 4.45. The van der Waals surface area contributed by atoms with Gasteiger partial charge in [0.1, 0.15) is 0 Å². The van der Waals surface area contributed by atoms with Crippen molar-refractivity contribution in [1.82, 2.24) is 4.90 Å². The number of aryl methyl sites for hydroxylation is 1. The van der Waals surface area contributed by atoms with E-state index in [2.05, 4.69) is 6.92 Å². The van der Waals surface area contributed by atoms with Crippen molar-refractivity contribution in [2.75, 3.05) is 13.1 Å². The molecule has 6 heteroatoms. The van der Waals surface area contributed by atoms with Crippen molar-refractivity contribution >= 4 is 15.9 Å². The van der Waals surface area contributed by atoms with Gasteiger partial charge in [-0.2, -0.15) is 0 Å².